The summed E-state index contributed by atoms with van der Waals surface area (Å²) in [5.41, 5.74) is -5.65. The van der Waals surface area contributed by atoms with Gasteiger partial charge >= 0.3 is 12.1 Å². The van der Waals surface area contributed by atoms with Gasteiger partial charge in [0.25, 0.3) is 11.8 Å². The lowest BCUT2D eigenvalue weighted by Crippen LogP contribution is -2.55. The topological polar surface area (TPSA) is 120 Å². The van der Waals surface area contributed by atoms with Crippen molar-refractivity contribution < 1.29 is 45.8 Å². The molecule has 46 heavy (non-hydrogen) atoms. The first-order valence-corrected chi connectivity index (χ1v) is 13.1. The molecule has 0 saturated carbocycles. The molecule has 0 radical (unpaired) electrons. The smallest absolute Gasteiger partial charge is 0.417 e. The summed E-state index contributed by atoms with van der Waals surface area (Å²) in [5.74, 6) is -5.14. The van der Waals surface area contributed by atoms with Crippen LogP contribution in [-0.2, 0) is 15.7 Å². The molecule has 1 unspecified atom stereocenters. The normalized spacial score (nSPS) is 12.2. The second kappa shape index (κ2) is 13.3. The molecule has 2 amide bonds. The standard InChI is InChI=1S/C33H20F5N3O5/c1-32(19-45-27-14-2-20(17-39)3-15-27,46-30(43)22-6-11-25(35)12-7-22)31(44)41(29(42)21-4-9-24(34)10-5-21)26-13-8-23(18-40)28(16-26)33(36,37)38/h2-16H,19H2,1H3. The number of amides is 2. The van der Waals surface area contributed by atoms with Crippen LogP contribution in [0.4, 0.5) is 27.6 Å². The minimum Gasteiger partial charge on any atom is -0.489 e. The summed E-state index contributed by atoms with van der Waals surface area (Å²) < 4.78 is 80.1. The molecule has 0 heterocycles. The zero-order valence-electron chi connectivity index (χ0n) is 23.6. The van der Waals surface area contributed by atoms with Crippen LogP contribution < -0.4 is 9.64 Å². The fourth-order valence-electron chi connectivity index (χ4n) is 4.12. The Bertz CT molecular complexity index is 1860. The fraction of sp³-hybridized carbons (Fsp3) is 0.121. The van der Waals surface area contributed by atoms with Gasteiger partial charge in [-0.2, -0.15) is 23.7 Å². The summed E-state index contributed by atoms with van der Waals surface area (Å²) in [6.45, 7) is 0.236. The molecular formula is C33H20F5N3O5. The number of carbonyl (C=O) groups is 3. The number of esters is 1. The van der Waals surface area contributed by atoms with Gasteiger partial charge in [-0.3, -0.25) is 9.59 Å². The van der Waals surface area contributed by atoms with Crippen molar-refractivity contribution in [3.8, 4) is 17.9 Å². The highest BCUT2D eigenvalue weighted by atomic mass is 19.4. The third-order valence-corrected chi connectivity index (χ3v) is 6.53. The minimum atomic E-state index is -5.08. The van der Waals surface area contributed by atoms with Crippen molar-refractivity contribution in [1.29, 1.82) is 10.5 Å². The van der Waals surface area contributed by atoms with Crippen molar-refractivity contribution in [3.63, 3.8) is 0 Å². The molecule has 0 aliphatic rings. The molecule has 13 heteroatoms. The van der Waals surface area contributed by atoms with E-state index in [1.807, 2.05) is 6.07 Å². The van der Waals surface area contributed by atoms with E-state index >= 15 is 0 Å². The number of alkyl halides is 3. The number of nitriles is 2. The average molecular weight is 634 g/mol. The zero-order valence-corrected chi connectivity index (χ0v) is 23.6. The van der Waals surface area contributed by atoms with Crippen LogP contribution in [0.1, 0.15) is 44.3 Å². The van der Waals surface area contributed by atoms with E-state index in [-0.39, 0.29) is 22.4 Å². The first-order chi connectivity index (χ1) is 21.8. The van der Waals surface area contributed by atoms with Crippen LogP contribution in [0.15, 0.2) is 91.0 Å². The van der Waals surface area contributed by atoms with Gasteiger partial charge in [-0.1, -0.05) is 0 Å². The third-order valence-electron chi connectivity index (χ3n) is 6.53. The van der Waals surface area contributed by atoms with E-state index in [0.717, 1.165) is 67.6 Å². The van der Waals surface area contributed by atoms with E-state index in [0.29, 0.717) is 11.0 Å². The van der Waals surface area contributed by atoms with Gasteiger partial charge in [-0.15, -0.1) is 0 Å². The van der Waals surface area contributed by atoms with E-state index in [1.54, 1.807) is 0 Å². The zero-order chi connectivity index (χ0) is 33.6. The predicted molar refractivity (Wildman–Crippen MR) is 151 cm³/mol. The first-order valence-electron chi connectivity index (χ1n) is 13.1. The lowest BCUT2D eigenvalue weighted by molar-refractivity contribution is -0.139. The van der Waals surface area contributed by atoms with Gasteiger partial charge in [-0.25, -0.2) is 18.5 Å². The largest absolute Gasteiger partial charge is 0.489 e. The highest BCUT2D eigenvalue weighted by molar-refractivity contribution is 6.23. The molecule has 0 aromatic heterocycles. The number of imide groups is 1. The molecular weight excluding hydrogens is 613 g/mol. The Labute approximate surface area is 258 Å². The molecule has 0 saturated heterocycles. The minimum absolute atomic E-state index is 0.0880. The molecule has 0 spiro atoms. The van der Waals surface area contributed by atoms with Gasteiger partial charge in [-0.05, 0) is 97.9 Å². The molecule has 4 aromatic rings. The van der Waals surface area contributed by atoms with Gasteiger partial charge in [0.15, 0.2) is 0 Å². The Balaban J connectivity index is 1.85. The summed E-state index contributed by atoms with van der Waals surface area (Å²) in [5, 5.41) is 18.3. The van der Waals surface area contributed by atoms with E-state index in [4.69, 9.17) is 14.7 Å². The molecule has 0 fully saturated rings. The highest BCUT2D eigenvalue weighted by Gasteiger charge is 2.46. The number of ether oxygens (including phenoxy) is 2. The number of benzene rings is 4. The fourth-order valence-corrected chi connectivity index (χ4v) is 4.12. The molecule has 232 valence electrons. The summed E-state index contributed by atoms with van der Waals surface area (Å²) in [6.07, 6.45) is -5.08. The molecule has 4 aromatic carbocycles. The molecule has 0 aliphatic carbocycles. The van der Waals surface area contributed by atoms with Crippen LogP contribution in [0.25, 0.3) is 0 Å². The van der Waals surface area contributed by atoms with Crippen LogP contribution in [0, 0.1) is 34.3 Å². The number of nitrogens with zero attached hydrogens (tertiary/aromatic N) is 3. The van der Waals surface area contributed by atoms with E-state index in [9.17, 15) is 41.6 Å². The third kappa shape index (κ3) is 7.34. The molecule has 8 nitrogen and oxygen atoms in total. The van der Waals surface area contributed by atoms with Crippen molar-refractivity contribution >= 4 is 23.5 Å². The number of anilines is 1. The lowest BCUT2D eigenvalue weighted by atomic mass is 10.0. The molecule has 1 atom stereocenters. The maximum Gasteiger partial charge on any atom is 0.417 e. The molecule has 4 rings (SSSR count). The van der Waals surface area contributed by atoms with Gasteiger partial charge in [0, 0.05) is 5.56 Å². The van der Waals surface area contributed by atoms with Crippen LogP contribution in [0.5, 0.6) is 5.75 Å². The Morgan fingerprint density at radius 3 is 1.87 bits per heavy atom. The van der Waals surface area contributed by atoms with Gasteiger partial charge in [0.05, 0.1) is 40.1 Å². The Kier molecular flexibility index (Phi) is 9.48. The number of hydrogen-bond acceptors (Lipinski definition) is 7. The second-order valence-corrected chi connectivity index (χ2v) is 9.84. The van der Waals surface area contributed by atoms with Gasteiger partial charge in [0.1, 0.15) is 24.0 Å². The predicted octanol–water partition coefficient (Wildman–Crippen LogP) is 6.60. The number of hydrogen-bond donors (Lipinski definition) is 0. The van der Waals surface area contributed by atoms with Crippen molar-refractivity contribution in [2.24, 2.45) is 0 Å². The summed E-state index contributed by atoms with van der Waals surface area (Å²) in [6, 6.07) is 18.6. The Morgan fingerprint density at radius 2 is 1.35 bits per heavy atom. The molecule has 0 aliphatic heterocycles. The Hall–Kier alpha value is -6.08. The van der Waals surface area contributed by atoms with Crippen molar-refractivity contribution in [2.75, 3.05) is 11.5 Å². The van der Waals surface area contributed by atoms with Crippen LogP contribution in [-0.4, -0.2) is 30.0 Å². The lowest BCUT2D eigenvalue weighted by Gasteiger charge is -2.33. The highest BCUT2D eigenvalue weighted by Crippen LogP contribution is 2.36. The van der Waals surface area contributed by atoms with E-state index in [2.05, 4.69) is 0 Å². The average Bonchev–Trinajstić information content (AvgIpc) is 3.04. The quantitative estimate of drug-likeness (QED) is 0.159. The number of halogens is 5. The van der Waals surface area contributed by atoms with Crippen molar-refractivity contribution in [2.45, 2.75) is 18.7 Å². The molecule has 0 N–H and O–H groups in total. The second-order valence-electron chi connectivity index (χ2n) is 9.84. The maximum absolute atomic E-state index is 14.3. The SMILES string of the molecule is CC(COc1ccc(C#N)cc1)(OC(=O)c1ccc(F)cc1)C(=O)N(C(=O)c1ccc(F)cc1)c1ccc(C#N)c(C(F)(F)F)c1. The summed E-state index contributed by atoms with van der Waals surface area (Å²) in [7, 11) is 0. The van der Waals surface area contributed by atoms with Crippen molar-refractivity contribution in [1.82, 2.24) is 0 Å². The Morgan fingerprint density at radius 1 is 0.783 bits per heavy atom. The summed E-state index contributed by atoms with van der Waals surface area (Å²) >= 11 is 0. The maximum atomic E-state index is 14.3. The van der Waals surface area contributed by atoms with E-state index < -0.39 is 64.6 Å². The van der Waals surface area contributed by atoms with Crippen LogP contribution >= 0.6 is 0 Å². The monoisotopic (exact) mass is 633 g/mol. The van der Waals surface area contributed by atoms with Gasteiger partial charge < -0.3 is 9.47 Å². The van der Waals surface area contributed by atoms with E-state index in [1.165, 1.54) is 30.3 Å². The first kappa shape index (κ1) is 32.8. The number of carbonyl (C=O) groups excluding carboxylic acids is 3. The molecule has 0 bridgehead atoms. The van der Waals surface area contributed by atoms with Crippen molar-refractivity contribution in [3.05, 3.63) is 130 Å². The van der Waals surface area contributed by atoms with Gasteiger partial charge in [0.2, 0.25) is 5.60 Å². The van der Waals surface area contributed by atoms with Crippen LogP contribution in [0.3, 0.4) is 0 Å². The summed E-state index contributed by atoms with van der Waals surface area (Å²) in [4.78, 5) is 41.6. The van der Waals surface area contributed by atoms with Crippen LogP contribution in [0.2, 0.25) is 0 Å². The number of rotatable bonds is 8.